The van der Waals surface area contributed by atoms with E-state index in [4.69, 9.17) is 20.9 Å². The molecule has 0 amide bonds. The Balaban J connectivity index is 1.77. The minimum atomic E-state index is -0.469. The molecule has 0 spiro atoms. The summed E-state index contributed by atoms with van der Waals surface area (Å²) in [7, 11) is -0.469. The van der Waals surface area contributed by atoms with Crippen LogP contribution >= 0.6 is 11.6 Å². The Morgan fingerprint density at radius 2 is 1.87 bits per heavy atom. The largest absolute Gasteiger partial charge is 0.498 e. The first-order chi connectivity index (χ1) is 10.7. The zero-order chi connectivity index (χ0) is 16.8. The van der Waals surface area contributed by atoms with Gasteiger partial charge >= 0.3 is 7.12 Å². The van der Waals surface area contributed by atoms with Crippen molar-refractivity contribution in [2.24, 2.45) is 0 Å². The van der Waals surface area contributed by atoms with Crippen LogP contribution in [0.4, 0.5) is 4.39 Å². The van der Waals surface area contributed by atoms with Gasteiger partial charge < -0.3 is 9.31 Å². The fourth-order valence-corrected chi connectivity index (χ4v) is 2.55. The van der Waals surface area contributed by atoms with Gasteiger partial charge in [0.05, 0.1) is 17.7 Å². The smallest absolute Gasteiger partial charge is 0.399 e. The Morgan fingerprint density at radius 3 is 2.48 bits per heavy atom. The summed E-state index contributed by atoms with van der Waals surface area (Å²) in [6.45, 7) is 8.32. The van der Waals surface area contributed by atoms with Crippen molar-refractivity contribution in [2.45, 2.75) is 45.4 Å². The van der Waals surface area contributed by atoms with Gasteiger partial charge in [0.25, 0.3) is 0 Å². The van der Waals surface area contributed by atoms with Crippen LogP contribution < -0.4 is 5.46 Å². The summed E-state index contributed by atoms with van der Waals surface area (Å²) < 4.78 is 27.5. The second-order valence-corrected chi connectivity index (χ2v) is 7.23. The SMILES string of the molecule is CC1(C)OB(c2cnn(Cc3ccc(Cl)cc3F)c2)OC1(C)C. The van der Waals surface area contributed by atoms with E-state index in [1.54, 1.807) is 23.0 Å². The predicted octanol–water partition coefficient (Wildman–Crippen LogP) is 3.02. The first-order valence-electron chi connectivity index (χ1n) is 7.50. The maximum Gasteiger partial charge on any atom is 0.498 e. The maximum absolute atomic E-state index is 13.9. The number of rotatable bonds is 3. The van der Waals surface area contributed by atoms with Crippen molar-refractivity contribution in [1.29, 1.82) is 0 Å². The summed E-state index contributed by atoms with van der Waals surface area (Å²) in [5.41, 5.74) is 0.542. The van der Waals surface area contributed by atoms with E-state index in [1.165, 1.54) is 6.07 Å². The lowest BCUT2D eigenvalue weighted by Crippen LogP contribution is -2.41. The van der Waals surface area contributed by atoms with Crippen molar-refractivity contribution in [3.63, 3.8) is 0 Å². The van der Waals surface area contributed by atoms with E-state index in [0.717, 1.165) is 5.46 Å². The molecule has 1 fully saturated rings. The summed E-state index contributed by atoms with van der Waals surface area (Å²) in [5.74, 6) is -0.342. The van der Waals surface area contributed by atoms with Crippen LogP contribution in [-0.2, 0) is 15.9 Å². The molecule has 0 bridgehead atoms. The zero-order valence-corrected chi connectivity index (χ0v) is 14.4. The summed E-state index contributed by atoms with van der Waals surface area (Å²) in [6, 6.07) is 4.63. The minimum absolute atomic E-state index is 0.322. The van der Waals surface area contributed by atoms with Gasteiger partial charge in [-0.25, -0.2) is 4.39 Å². The number of hydrogen-bond acceptors (Lipinski definition) is 3. The van der Waals surface area contributed by atoms with Crippen LogP contribution in [0.25, 0.3) is 0 Å². The van der Waals surface area contributed by atoms with Gasteiger partial charge in [0.1, 0.15) is 5.82 Å². The van der Waals surface area contributed by atoms with E-state index >= 15 is 0 Å². The number of benzene rings is 1. The molecule has 0 atom stereocenters. The lowest BCUT2D eigenvalue weighted by Gasteiger charge is -2.32. The molecule has 0 N–H and O–H groups in total. The molecule has 23 heavy (non-hydrogen) atoms. The fourth-order valence-electron chi connectivity index (χ4n) is 2.39. The van der Waals surface area contributed by atoms with E-state index in [-0.39, 0.29) is 5.82 Å². The first-order valence-corrected chi connectivity index (χ1v) is 7.88. The highest BCUT2D eigenvalue weighted by atomic mass is 35.5. The fraction of sp³-hybridized carbons (Fsp3) is 0.438. The monoisotopic (exact) mass is 336 g/mol. The number of halogens is 2. The second kappa shape index (κ2) is 5.62. The molecule has 3 rings (SSSR count). The van der Waals surface area contributed by atoms with Crippen molar-refractivity contribution < 1.29 is 13.7 Å². The Labute approximate surface area is 140 Å². The van der Waals surface area contributed by atoms with Crippen molar-refractivity contribution in [3.05, 3.63) is 47.0 Å². The van der Waals surface area contributed by atoms with Crippen LogP contribution in [-0.4, -0.2) is 28.1 Å². The van der Waals surface area contributed by atoms with Crippen molar-refractivity contribution in [1.82, 2.24) is 9.78 Å². The van der Waals surface area contributed by atoms with Gasteiger partial charge in [-0.3, -0.25) is 4.68 Å². The zero-order valence-electron chi connectivity index (χ0n) is 13.6. The van der Waals surface area contributed by atoms with E-state index in [2.05, 4.69) is 5.10 Å². The molecule has 122 valence electrons. The Morgan fingerprint density at radius 1 is 1.22 bits per heavy atom. The van der Waals surface area contributed by atoms with Crippen LogP contribution in [0.3, 0.4) is 0 Å². The minimum Gasteiger partial charge on any atom is -0.399 e. The van der Waals surface area contributed by atoms with E-state index in [1.807, 2.05) is 33.9 Å². The Kier molecular flexibility index (Phi) is 4.03. The van der Waals surface area contributed by atoms with Gasteiger partial charge in [-0.1, -0.05) is 17.7 Å². The molecule has 0 radical (unpaired) electrons. The molecule has 2 heterocycles. The Hall–Kier alpha value is -1.37. The number of aromatic nitrogens is 2. The predicted molar refractivity (Wildman–Crippen MR) is 88.5 cm³/mol. The summed E-state index contributed by atoms with van der Waals surface area (Å²) in [6.07, 6.45) is 3.51. The molecule has 0 unspecified atom stereocenters. The molecular formula is C16H19BClFN2O2. The van der Waals surface area contributed by atoms with E-state index in [0.29, 0.717) is 17.1 Å². The highest BCUT2D eigenvalue weighted by Crippen LogP contribution is 2.36. The van der Waals surface area contributed by atoms with Crippen LogP contribution in [0.1, 0.15) is 33.3 Å². The third-order valence-corrected chi connectivity index (χ3v) is 4.76. The topological polar surface area (TPSA) is 36.3 Å². The van der Waals surface area contributed by atoms with Crippen molar-refractivity contribution in [3.8, 4) is 0 Å². The maximum atomic E-state index is 13.9. The van der Waals surface area contributed by atoms with Crippen LogP contribution in [0.15, 0.2) is 30.6 Å². The quantitative estimate of drug-likeness (QED) is 0.808. The summed E-state index contributed by atoms with van der Waals surface area (Å²) in [4.78, 5) is 0. The normalized spacial score (nSPS) is 19.3. The molecule has 1 aromatic heterocycles. The first kappa shape index (κ1) is 16.5. The number of hydrogen-bond donors (Lipinski definition) is 0. The average molecular weight is 337 g/mol. The molecule has 4 nitrogen and oxygen atoms in total. The lowest BCUT2D eigenvalue weighted by molar-refractivity contribution is 0.00578. The van der Waals surface area contributed by atoms with Gasteiger partial charge in [-0.2, -0.15) is 5.10 Å². The molecule has 0 aliphatic carbocycles. The molecule has 0 saturated carbocycles. The summed E-state index contributed by atoms with van der Waals surface area (Å²) in [5, 5.41) is 4.65. The molecule has 1 aromatic carbocycles. The van der Waals surface area contributed by atoms with Crippen molar-refractivity contribution >= 4 is 24.2 Å². The Bertz CT molecular complexity index is 717. The van der Waals surface area contributed by atoms with Crippen molar-refractivity contribution in [2.75, 3.05) is 0 Å². The summed E-state index contributed by atoms with van der Waals surface area (Å²) >= 11 is 5.77. The average Bonchev–Trinajstić information content (AvgIpc) is 2.96. The van der Waals surface area contributed by atoms with Crippen LogP contribution in [0.5, 0.6) is 0 Å². The molecule has 1 aliphatic rings. The van der Waals surface area contributed by atoms with Gasteiger partial charge in [-0.15, -0.1) is 0 Å². The van der Waals surface area contributed by atoms with E-state index < -0.39 is 18.3 Å². The molecule has 1 aliphatic heterocycles. The number of nitrogens with zero attached hydrogens (tertiary/aromatic N) is 2. The lowest BCUT2D eigenvalue weighted by atomic mass is 9.82. The van der Waals surface area contributed by atoms with Gasteiger partial charge in [0, 0.05) is 28.4 Å². The molecular weight excluding hydrogens is 317 g/mol. The third kappa shape index (κ3) is 3.16. The standard InChI is InChI=1S/C16H19BClFN2O2/c1-15(2)16(3,4)23-17(22-15)12-8-20-21(10-12)9-11-5-6-13(18)7-14(11)19/h5-8,10H,9H2,1-4H3. The highest BCUT2D eigenvalue weighted by Gasteiger charge is 2.52. The van der Waals surface area contributed by atoms with Crippen LogP contribution in [0.2, 0.25) is 5.02 Å². The molecule has 7 heteroatoms. The van der Waals surface area contributed by atoms with E-state index in [9.17, 15) is 4.39 Å². The van der Waals surface area contributed by atoms with Gasteiger partial charge in [0.15, 0.2) is 0 Å². The van der Waals surface area contributed by atoms with Gasteiger partial charge in [-0.05, 0) is 39.8 Å². The second-order valence-electron chi connectivity index (χ2n) is 6.80. The molecule has 2 aromatic rings. The molecule has 1 saturated heterocycles. The van der Waals surface area contributed by atoms with Crippen LogP contribution in [0, 0.1) is 5.82 Å². The highest BCUT2D eigenvalue weighted by molar-refractivity contribution is 6.62. The third-order valence-electron chi connectivity index (χ3n) is 4.53. The van der Waals surface area contributed by atoms with Gasteiger partial charge in [0.2, 0.25) is 0 Å².